The SMILES string of the molecule is CCOCCN(CC)Cc1cnc(N)s1.Cl. The number of likely N-dealkylation sites (N-methyl/N-ethyl adjacent to an activating group) is 1. The van der Waals surface area contributed by atoms with E-state index in [1.807, 2.05) is 13.1 Å². The first kappa shape index (κ1) is 15.6. The van der Waals surface area contributed by atoms with Gasteiger partial charge in [-0.05, 0) is 13.5 Å². The molecule has 0 saturated heterocycles. The summed E-state index contributed by atoms with van der Waals surface area (Å²) < 4.78 is 5.33. The third-order valence-electron chi connectivity index (χ3n) is 2.15. The smallest absolute Gasteiger partial charge is 0.180 e. The predicted molar refractivity (Wildman–Crippen MR) is 71.2 cm³/mol. The highest BCUT2D eigenvalue weighted by Gasteiger charge is 2.05. The summed E-state index contributed by atoms with van der Waals surface area (Å²) in [5, 5.41) is 0.644. The zero-order chi connectivity index (χ0) is 11.1. The van der Waals surface area contributed by atoms with Gasteiger partial charge in [0.15, 0.2) is 5.13 Å². The van der Waals surface area contributed by atoms with Crippen molar-refractivity contribution in [1.82, 2.24) is 9.88 Å². The zero-order valence-electron chi connectivity index (χ0n) is 9.81. The van der Waals surface area contributed by atoms with Crippen LogP contribution in [0.3, 0.4) is 0 Å². The van der Waals surface area contributed by atoms with E-state index in [4.69, 9.17) is 10.5 Å². The van der Waals surface area contributed by atoms with Crippen LogP contribution < -0.4 is 5.73 Å². The van der Waals surface area contributed by atoms with Crippen molar-refractivity contribution in [3.8, 4) is 0 Å². The molecule has 94 valence electrons. The van der Waals surface area contributed by atoms with Crippen molar-refractivity contribution >= 4 is 28.9 Å². The van der Waals surface area contributed by atoms with Gasteiger partial charge in [-0.15, -0.1) is 23.7 Å². The minimum atomic E-state index is 0. The van der Waals surface area contributed by atoms with Crippen molar-refractivity contribution in [2.45, 2.75) is 20.4 Å². The Morgan fingerprint density at radius 1 is 1.50 bits per heavy atom. The molecule has 0 radical (unpaired) electrons. The van der Waals surface area contributed by atoms with E-state index >= 15 is 0 Å². The van der Waals surface area contributed by atoms with Gasteiger partial charge in [-0.2, -0.15) is 0 Å². The van der Waals surface area contributed by atoms with Crippen LogP contribution >= 0.6 is 23.7 Å². The van der Waals surface area contributed by atoms with Gasteiger partial charge < -0.3 is 10.5 Å². The monoisotopic (exact) mass is 265 g/mol. The van der Waals surface area contributed by atoms with E-state index in [0.717, 1.165) is 32.8 Å². The van der Waals surface area contributed by atoms with E-state index in [0.29, 0.717) is 5.13 Å². The minimum Gasteiger partial charge on any atom is -0.380 e. The molecular formula is C10H20ClN3OS. The molecule has 0 fully saturated rings. The number of ether oxygens (including phenoxy) is 1. The Balaban J connectivity index is 0.00000225. The highest BCUT2D eigenvalue weighted by molar-refractivity contribution is 7.15. The summed E-state index contributed by atoms with van der Waals surface area (Å²) in [4.78, 5) is 7.57. The van der Waals surface area contributed by atoms with Crippen LogP contribution in [-0.4, -0.2) is 36.2 Å². The Bertz CT molecular complexity index is 283. The summed E-state index contributed by atoms with van der Waals surface area (Å²) in [5.41, 5.74) is 5.58. The number of anilines is 1. The van der Waals surface area contributed by atoms with Crippen LogP contribution in [0.25, 0.3) is 0 Å². The van der Waals surface area contributed by atoms with Gasteiger partial charge in [-0.3, -0.25) is 4.90 Å². The van der Waals surface area contributed by atoms with Crippen molar-refractivity contribution in [3.63, 3.8) is 0 Å². The normalized spacial score (nSPS) is 10.4. The van der Waals surface area contributed by atoms with E-state index in [2.05, 4.69) is 16.8 Å². The van der Waals surface area contributed by atoms with E-state index in [1.165, 1.54) is 4.88 Å². The van der Waals surface area contributed by atoms with Gasteiger partial charge in [0.2, 0.25) is 0 Å². The number of hydrogen-bond donors (Lipinski definition) is 1. The van der Waals surface area contributed by atoms with Crippen LogP contribution in [0.5, 0.6) is 0 Å². The molecule has 0 aromatic carbocycles. The molecule has 16 heavy (non-hydrogen) atoms. The number of thiazole rings is 1. The second-order valence-electron chi connectivity index (χ2n) is 3.23. The summed E-state index contributed by atoms with van der Waals surface area (Å²) in [6.07, 6.45) is 1.85. The molecule has 1 aromatic heterocycles. The maximum absolute atomic E-state index is 5.58. The molecule has 0 aliphatic rings. The molecule has 0 bridgehead atoms. The number of rotatable bonds is 7. The Labute approximate surface area is 107 Å². The first-order valence-electron chi connectivity index (χ1n) is 5.26. The van der Waals surface area contributed by atoms with Crippen LogP contribution in [0.2, 0.25) is 0 Å². The molecule has 0 unspecified atom stereocenters. The van der Waals surface area contributed by atoms with Gasteiger partial charge >= 0.3 is 0 Å². The van der Waals surface area contributed by atoms with E-state index in [-0.39, 0.29) is 12.4 Å². The van der Waals surface area contributed by atoms with Crippen LogP contribution in [0.1, 0.15) is 18.7 Å². The Kier molecular flexibility index (Phi) is 8.56. The fourth-order valence-electron chi connectivity index (χ4n) is 1.30. The first-order chi connectivity index (χ1) is 7.26. The lowest BCUT2D eigenvalue weighted by Crippen LogP contribution is -2.26. The number of aromatic nitrogens is 1. The van der Waals surface area contributed by atoms with Gasteiger partial charge in [-0.1, -0.05) is 6.92 Å². The fourth-order valence-corrected chi connectivity index (χ4v) is 2.03. The van der Waals surface area contributed by atoms with Crippen molar-refractivity contribution in [2.24, 2.45) is 0 Å². The lowest BCUT2D eigenvalue weighted by Gasteiger charge is -2.18. The van der Waals surface area contributed by atoms with Crippen LogP contribution in [0.15, 0.2) is 6.20 Å². The molecule has 0 aliphatic carbocycles. The van der Waals surface area contributed by atoms with Gasteiger partial charge in [-0.25, -0.2) is 4.98 Å². The van der Waals surface area contributed by atoms with Gasteiger partial charge in [0, 0.05) is 30.8 Å². The second kappa shape index (κ2) is 8.75. The van der Waals surface area contributed by atoms with Crippen LogP contribution in [0.4, 0.5) is 5.13 Å². The standard InChI is InChI=1S/C10H19N3OS.ClH/c1-3-13(5-6-14-4-2)8-9-7-12-10(11)15-9;/h7H,3-6,8H2,1-2H3,(H2,11,12);1H. The number of nitrogen functional groups attached to an aromatic ring is 1. The average Bonchev–Trinajstić information content (AvgIpc) is 2.63. The summed E-state index contributed by atoms with van der Waals surface area (Å²) in [5.74, 6) is 0. The van der Waals surface area contributed by atoms with Crippen molar-refractivity contribution < 1.29 is 4.74 Å². The highest BCUT2D eigenvalue weighted by atomic mass is 35.5. The third kappa shape index (κ3) is 5.65. The maximum atomic E-state index is 5.58. The molecule has 0 spiro atoms. The second-order valence-corrected chi connectivity index (χ2v) is 4.38. The largest absolute Gasteiger partial charge is 0.380 e. The predicted octanol–water partition coefficient (Wildman–Crippen LogP) is 2.01. The lowest BCUT2D eigenvalue weighted by molar-refractivity contribution is 0.113. The van der Waals surface area contributed by atoms with E-state index in [9.17, 15) is 0 Å². The summed E-state index contributed by atoms with van der Waals surface area (Å²) in [6.45, 7) is 8.63. The topological polar surface area (TPSA) is 51.4 Å². The average molecular weight is 266 g/mol. The van der Waals surface area contributed by atoms with Gasteiger partial charge in [0.05, 0.1) is 6.61 Å². The third-order valence-corrected chi connectivity index (χ3v) is 2.97. The Morgan fingerprint density at radius 2 is 2.25 bits per heavy atom. The van der Waals surface area contributed by atoms with Crippen molar-refractivity contribution in [1.29, 1.82) is 0 Å². The molecule has 0 amide bonds. The minimum absolute atomic E-state index is 0. The Morgan fingerprint density at radius 3 is 2.75 bits per heavy atom. The summed E-state index contributed by atoms with van der Waals surface area (Å²) in [7, 11) is 0. The molecule has 2 N–H and O–H groups in total. The molecule has 1 rings (SSSR count). The van der Waals surface area contributed by atoms with Crippen molar-refractivity contribution in [3.05, 3.63) is 11.1 Å². The highest BCUT2D eigenvalue weighted by Crippen LogP contribution is 2.16. The number of nitrogens with two attached hydrogens (primary N) is 1. The fraction of sp³-hybridized carbons (Fsp3) is 0.700. The molecule has 0 atom stereocenters. The molecule has 0 saturated carbocycles. The van der Waals surface area contributed by atoms with E-state index in [1.54, 1.807) is 11.3 Å². The molecule has 1 aromatic rings. The zero-order valence-corrected chi connectivity index (χ0v) is 11.4. The Hall–Kier alpha value is -0.360. The molecule has 6 heteroatoms. The van der Waals surface area contributed by atoms with Crippen molar-refractivity contribution in [2.75, 3.05) is 32.0 Å². The van der Waals surface area contributed by atoms with Gasteiger partial charge in [0.25, 0.3) is 0 Å². The summed E-state index contributed by atoms with van der Waals surface area (Å²) >= 11 is 1.55. The van der Waals surface area contributed by atoms with E-state index < -0.39 is 0 Å². The van der Waals surface area contributed by atoms with Crippen LogP contribution in [-0.2, 0) is 11.3 Å². The maximum Gasteiger partial charge on any atom is 0.180 e. The lowest BCUT2D eigenvalue weighted by atomic mass is 10.4. The molecule has 1 heterocycles. The number of nitrogens with zero attached hydrogens (tertiary/aromatic N) is 2. The number of halogens is 1. The molecular weight excluding hydrogens is 246 g/mol. The van der Waals surface area contributed by atoms with Gasteiger partial charge in [0.1, 0.15) is 0 Å². The summed E-state index contributed by atoms with van der Waals surface area (Å²) in [6, 6.07) is 0. The molecule has 4 nitrogen and oxygen atoms in total. The van der Waals surface area contributed by atoms with Crippen LogP contribution in [0, 0.1) is 0 Å². The number of hydrogen-bond acceptors (Lipinski definition) is 5. The first-order valence-corrected chi connectivity index (χ1v) is 6.08. The quantitative estimate of drug-likeness (QED) is 0.767. The molecule has 0 aliphatic heterocycles.